The number of benzene rings is 1. The van der Waals surface area contributed by atoms with Crippen LogP contribution in [0.3, 0.4) is 0 Å². The van der Waals surface area contributed by atoms with Crippen molar-refractivity contribution in [3.8, 4) is 11.5 Å². The molecule has 0 saturated carbocycles. The average Bonchev–Trinajstić information content (AvgIpc) is 2.67. The Bertz CT molecular complexity index is 567. The molecule has 0 unspecified atom stereocenters. The number of phenolic OH excluding ortho intramolecular Hbond substituents is 1. The second-order valence-electron chi connectivity index (χ2n) is 6.84. The maximum absolute atomic E-state index is 12.4. The van der Waals surface area contributed by atoms with Gasteiger partial charge >= 0.3 is 0 Å². The van der Waals surface area contributed by atoms with E-state index in [4.69, 9.17) is 4.74 Å². The summed E-state index contributed by atoms with van der Waals surface area (Å²) in [6.45, 7) is 10.4. The number of likely N-dealkylation sites (N-methyl/N-ethyl adjacent to an activating group) is 1. The van der Waals surface area contributed by atoms with Crippen molar-refractivity contribution < 1.29 is 14.6 Å². The lowest BCUT2D eigenvalue weighted by Gasteiger charge is -2.31. The summed E-state index contributed by atoms with van der Waals surface area (Å²) in [7, 11) is 1.56. The topological polar surface area (TPSA) is 65.0 Å². The van der Waals surface area contributed by atoms with Crippen molar-refractivity contribution in [1.29, 1.82) is 0 Å². The molecule has 0 radical (unpaired) electrons. The number of ether oxygens (including phenoxy) is 1. The van der Waals surface area contributed by atoms with E-state index in [9.17, 15) is 9.90 Å². The van der Waals surface area contributed by atoms with Crippen LogP contribution in [0.4, 0.5) is 0 Å². The number of piperidine rings is 1. The lowest BCUT2D eigenvalue weighted by Crippen LogP contribution is -2.42. The second kappa shape index (κ2) is 10.4. The Morgan fingerprint density at radius 1 is 1.31 bits per heavy atom. The van der Waals surface area contributed by atoms with Gasteiger partial charge in [-0.2, -0.15) is 0 Å². The molecule has 1 aliphatic heterocycles. The molecule has 0 spiro atoms. The monoisotopic (exact) mass is 363 g/mol. The van der Waals surface area contributed by atoms with E-state index in [2.05, 4.69) is 29.0 Å². The van der Waals surface area contributed by atoms with Gasteiger partial charge in [0, 0.05) is 31.1 Å². The average molecular weight is 364 g/mol. The fourth-order valence-corrected chi connectivity index (χ4v) is 3.48. The van der Waals surface area contributed by atoms with Gasteiger partial charge in [-0.3, -0.25) is 9.69 Å². The van der Waals surface area contributed by atoms with Crippen LogP contribution in [0.15, 0.2) is 18.2 Å². The zero-order chi connectivity index (χ0) is 18.9. The minimum atomic E-state index is 0.0989. The number of rotatable bonds is 9. The molecule has 2 N–H and O–H groups in total. The third-order valence-electron chi connectivity index (χ3n) is 5.28. The van der Waals surface area contributed by atoms with Gasteiger partial charge < -0.3 is 20.1 Å². The second-order valence-corrected chi connectivity index (χ2v) is 6.84. The maximum Gasteiger partial charge on any atom is 0.223 e. The van der Waals surface area contributed by atoms with Crippen LogP contribution in [0.25, 0.3) is 0 Å². The normalized spacial score (nSPS) is 16.0. The summed E-state index contributed by atoms with van der Waals surface area (Å²) >= 11 is 0. The van der Waals surface area contributed by atoms with Crippen molar-refractivity contribution in [3.05, 3.63) is 23.8 Å². The summed E-state index contributed by atoms with van der Waals surface area (Å²) in [6.07, 6.45) is 1.73. The molecule has 6 nitrogen and oxygen atoms in total. The van der Waals surface area contributed by atoms with Crippen molar-refractivity contribution in [2.45, 2.75) is 33.2 Å². The molecule has 6 heteroatoms. The Labute approximate surface area is 157 Å². The molecule has 1 fully saturated rings. The highest BCUT2D eigenvalue weighted by Gasteiger charge is 2.25. The first kappa shape index (κ1) is 20.5. The molecule has 0 aliphatic carbocycles. The Hall–Kier alpha value is -1.79. The Kier molecular flexibility index (Phi) is 8.19. The number of phenols is 1. The fourth-order valence-electron chi connectivity index (χ4n) is 3.48. The number of carbonyl (C=O) groups is 1. The SMILES string of the molecule is CCN(CC)CCNC(=O)C1CCN(Cc2cccc(OC)c2O)CC1. The molecule has 0 aromatic heterocycles. The quantitative estimate of drug-likeness (QED) is 0.703. The molecule has 146 valence electrons. The predicted octanol–water partition coefficient (Wildman–Crippen LogP) is 2.07. The number of methoxy groups -OCH3 is 1. The first-order valence-corrected chi connectivity index (χ1v) is 9.66. The molecule has 1 amide bonds. The maximum atomic E-state index is 12.4. The predicted molar refractivity (Wildman–Crippen MR) is 103 cm³/mol. The van der Waals surface area contributed by atoms with E-state index in [1.54, 1.807) is 13.2 Å². The molecule has 26 heavy (non-hydrogen) atoms. The van der Waals surface area contributed by atoms with Gasteiger partial charge in [0.2, 0.25) is 5.91 Å². The molecule has 0 atom stereocenters. The van der Waals surface area contributed by atoms with E-state index in [-0.39, 0.29) is 17.6 Å². The third kappa shape index (κ3) is 5.61. The standard InChI is InChI=1S/C20H33N3O3/c1-4-22(5-2)14-11-21-20(25)16-9-12-23(13-10-16)15-17-7-6-8-18(26-3)19(17)24/h6-8,16,24H,4-5,9-15H2,1-3H3,(H,21,25). The largest absolute Gasteiger partial charge is 0.504 e. The van der Waals surface area contributed by atoms with Gasteiger partial charge in [0.25, 0.3) is 0 Å². The first-order chi connectivity index (χ1) is 12.6. The highest BCUT2D eigenvalue weighted by atomic mass is 16.5. The summed E-state index contributed by atoms with van der Waals surface area (Å²) in [5, 5.41) is 13.3. The van der Waals surface area contributed by atoms with Crippen molar-refractivity contribution in [3.63, 3.8) is 0 Å². The Morgan fingerprint density at radius 3 is 2.62 bits per heavy atom. The van der Waals surface area contributed by atoms with Crippen LogP contribution in [-0.4, -0.2) is 67.2 Å². The van der Waals surface area contributed by atoms with Gasteiger partial charge in [0.05, 0.1) is 7.11 Å². The molecule has 1 saturated heterocycles. The van der Waals surface area contributed by atoms with E-state index >= 15 is 0 Å². The summed E-state index contributed by atoms with van der Waals surface area (Å²) in [5.74, 6) is 0.999. The van der Waals surface area contributed by atoms with Crippen LogP contribution in [-0.2, 0) is 11.3 Å². The summed E-state index contributed by atoms with van der Waals surface area (Å²) in [6, 6.07) is 5.57. The fraction of sp³-hybridized carbons (Fsp3) is 0.650. The zero-order valence-corrected chi connectivity index (χ0v) is 16.3. The van der Waals surface area contributed by atoms with Gasteiger partial charge in [-0.1, -0.05) is 26.0 Å². The van der Waals surface area contributed by atoms with E-state index < -0.39 is 0 Å². The van der Waals surface area contributed by atoms with E-state index in [0.29, 0.717) is 12.3 Å². The molecule has 2 rings (SSSR count). The molecule has 1 aliphatic rings. The van der Waals surface area contributed by atoms with Crippen LogP contribution in [0.5, 0.6) is 11.5 Å². The number of nitrogens with one attached hydrogen (secondary N) is 1. The minimum absolute atomic E-state index is 0.0989. The van der Waals surface area contributed by atoms with Crippen molar-refractivity contribution in [2.24, 2.45) is 5.92 Å². The number of carbonyl (C=O) groups excluding carboxylic acids is 1. The van der Waals surface area contributed by atoms with Crippen molar-refractivity contribution >= 4 is 5.91 Å². The van der Waals surface area contributed by atoms with Gasteiger partial charge in [0.1, 0.15) is 0 Å². The van der Waals surface area contributed by atoms with Gasteiger partial charge in [-0.15, -0.1) is 0 Å². The van der Waals surface area contributed by atoms with Crippen molar-refractivity contribution in [2.75, 3.05) is 46.4 Å². The van der Waals surface area contributed by atoms with E-state index in [1.807, 2.05) is 12.1 Å². The number of amides is 1. The highest BCUT2D eigenvalue weighted by molar-refractivity contribution is 5.78. The zero-order valence-electron chi connectivity index (χ0n) is 16.3. The van der Waals surface area contributed by atoms with Crippen molar-refractivity contribution in [1.82, 2.24) is 15.1 Å². The third-order valence-corrected chi connectivity index (χ3v) is 5.28. The molecule has 1 aromatic carbocycles. The summed E-state index contributed by atoms with van der Waals surface area (Å²) in [5.41, 5.74) is 0.867. The number of aromatic hydroxyl groups is 1. The van der Waals surface area contributed by atoms with Gasteiger partial charge in [-0.05, 0) is 45.1 Å². The Balaban J connectivity index is 1.76. The smallest absolute Gasteiger partial charge is 0.223 e. The molecule has 0 bridgehead atoms. The summed E-state index contributed by atoms with van der Waals surface area (Å²) < 4.78 is 5.17. The lowest BCUT2D eigenvalue weighted by molar-refractivity contribution is -0.126. The molecule has 1 aromatic rings. The number of para-hydroxylation sites is 1. The number of hydrogen-bond donors (Lipinski definition) is 2. The summed E-state index contributed by atoms with van der Waals surface area (Å²) in [4.78, 5) is 16.9. The van der Waals surface area contributed by atoms with Crippen LogP contribution >= 0.6 is 0 Å². The Morgan fingerprint density at radius 2 is 2.00 bits per heavy atom. The minimum Gasteiger partial charge on any atom is -0.504 e. The van der Waals surface area contributed by atoms with Gasteiger partial charge in [0.15, 0.2) is 11.5 Å². The molecular weight excluding hydrogens is 330 g/mol. The number of likely N-dealkylation sites (tertiary alicyclic amines) is 1. The molecule has 1 heterocycles. The molecular formula is C20H33N3O3. The lowest BCUT2D eigenvalue weighted by atomic mass is 9.95. The van der Waals surface area contributed by atoms with Crippen LogP contribution in [0.1, 0.15) is 32.3 Å². The van der Waals surface area contributed by atoms with Crippen LogP contribution in [0, 0.1) is 5.92 Å². The van der Waals surface area contributed by atoms with E-state index in [0.717, 1.165) is 57.7 Å². The van der Waals surface area contributed by atoms with E-state index in [1.165, 1.54) is 0 Å². The number of nitrogens with zero attached hydrogens (tertiary/aromatic N) is 2. The highest BCUT2D eigenvalue weighted by Crippen LogP contribution is 2.31. The van der Waals surface area contributed by atoms with Crippen LogP contribution < -0.4 is 10.1 Å². The van der Waals surface area contributed by atoms with Crippen LogP contribution in [0.2, 0.25) is 0 Å². The first-order valence-electron chi connectivity index (χ1n) is 9.66. The number of hydrogen-bond acceptors (Lipinski definition) is 5. The van der Waals surface area contributed by atoms with Gasteiger partial charge in [-0.25, -0.2) is 0 Å².